The van der Waals surface area contributed by atoms with Gasteiger partial charge >= 0.3 is 0 Å². The maximum absolute atomic E-state index is 12.6. The first-order chi connectivity index (χ1) is 8.95. The van der Waals surface area contributed by atoms with Crippen LogP contribution in [0.5, 0.6) is 0 Å². The van der Waals surface area contributed by atoms with E-state index in [-0.39, 0.29) is 0 Å². The molecule has 1 heterocycles. The van der Waals surface area contributed by atoms with Crippen molar-refractivity contribution in [3.05, 3.63) is 28.2 Å². The minimum absolute atomic E-state index is 0.362. The van der Waals surface area contributed by atoms with Crippen molar-refractivity contribution in [1.29, 1.82) is 0 Å². The number of nitrogens with one attached hydrogen (secondary N) is 1. The third kappa shape index (κ3) is 3.18. The summed E-state index contributed by atoms with van der Waals surface area (Å²) in [6, 6.07) is 5.78. The molecule has 0 amide bonds. The molecule has 0 aromatic heterocycles. The highest BCUT2D eigenvalue weighted by Gasteiger charge is 2.30. The number of hydrogen-bond acceptors (Lipinski definition) is 3. The van der Waals surface area contributed by atoms with Gasteiger partial charge in [0.25, 0.3) is 0 Å². The minimum atomic E-state index is -3.38. The van der Waals surface area contributed by atoms with Crippen LogP contribution in [0.1, 0.15) is 18.4 Å². The molecule has 4 nitrogen and oxygen atoms in total. The summed E-state index contributed by atoms with van der Waals surface area (Å²) in [5.41, 5.74) is 1.04. The van der Waals surface area contributed by atoms with E-state index >= 15 is 0 Å². The fourth-order valence-corrected chi connectivity index (χ4v) is 4.96. The van der Waals surface area contributed by atoms with Crippen molar-refractivity contribution in [1.82, 2.24) is 9.62 Å². The van der Waals surface area contributed by atoms with Gasteiger partial charge in [0.05, 0.1) is 4.90 Å². The lowest BCUT2D eigenvalue weighted by atomic mass is 10.1. The number of aryl methyl sites for hydroxylation is 1. The standard InChI is InChI=1S/C13H19BrN2O2S/c1-10-3-4-13(12(14)9-10)19(17,18)16-7-5-11(15-2)6-8-16/h3-4,9,11,15H,5-8H2,1-2H3. The molecule has 1 aromatic carbocycles. The number of benzene rings is 1. The van der Waals surface area contributed by atoms with E-state index < -0.39 is 10.0 Å². The van der Waals surface area contributed by atoms with Crippen molar-refractivity contribution < 1.29 is 8.42 Å². The highest BCUT2D eigenvalue weighted by Crippen LogP contribution is 2.27. The predicted octanol–water partition coefficient (Wildman–Crippen LogP) is 2.13. The lowest BCUT2D eigenvalue weighted by Gasteiger charge is -2.31. The molecule has 2 rings (SSSR count). The summed E-state index contributed by atoms with van der Waals surface area (Å²) in [5, 5.41) is 3.20. The maximum atomic E-state index is 12.6. The van der Waals surface area contributed by atoms with Crippen LogP contribution in [0.3, 0.4) is 0 Å². The quantitative estimate of drug-likeness (QED) is 0.911. The van der Waals surface area contributed by atoms with Crippen LogP contribution in [0.25, 0.3) is 0 Å². The monoisotopic (exact) mass is 346 g/mol. The molecule has 0 aliphatic carbocycles. The van der Waals surface area contributed by atoms with Crippen molar-refractivity contribution in [2.45, 2.75) is 30.7 Å². The van der Waals surface area contributed by atoms with Crippen molar-refractivity contribution in [2.75, 3.05) is 20.1 Å². The molecule has 1 N–H and O–H groups in total. The molecule has 0 radical (unpaired) electrons. The lowest BCUT2D eigenvalue weighted by Crippen LogP contribution is -2.43. The third-order valence-corrected chi connectivity index (χ3v) is 6.44. The van der Waals surface area contributed by atoms with Crippen molar-refractivity contribution in [2.24, 2.45) is 0 Å². The van der Waals surface area contributed by atoms with Gasteiger partial charge in [0.1, 0.15) is 0 Å². The normalized spacial score (nSPS) is 18.7. The van der Waals surface area contributed by atoms with E-state index in [1.807, 2.05) is 26.1 Å². The molecule has 0 saturated carbocycles. The minimum Gasteiger partial charge on any atom is -0.317 e. The van der Waals surface area contributed by atoms with Gasteiger partial charge in [-0.25, -0.2) is 8.42 Å². The van der Waals surface area contributed by atoms with E-state index in [1.165, 1.54) is 0 Å². The Morgan fingerprint density at radius 1 is 1.32 bits per heavy atom. The number of hydrogen-bond donors (Lipinski definition) is 1. The Morgan fingerprint density at radius 3 is 2.47 bits per heavy atom. The SMILES string of the molecule is CNC1CCN(S(=O)(=O)c2ccc(C)cc2Br)CC1. The summed E-state index contributed by atoms with van der Waals surface area (Å²) in [6.07, 6.45) is 1.72. The maximum Gasteiger partial charge on any atom is 0.244 e. The average molecular weight is 347 g/mol. The Morgan fingerprint density at radius 2 is 1.95 bits per heavy atom. The molecule has 1 saturated heterocycles. The Kier molecular flexibility index (Phi) is 4.66. The van der Waals surface area contributed by atoms with Gasteiger partial charge in [0.15, 0.2) is 0 Å². The second kappa shape index (κ2) is 5.91. The first-order valence-electron chi connectivity index (χ1n) is 6.38. The molecular weight excluding hydrogens is 328 g/mol. The molecule has 1 fully saturated rings. The highest BCUT2D eigenvalue weighted by atomic mass is 79.9. The van der Waals surface area contributed by atoms with Crippen LogP contribution in [0, 0.1) is 6.92 Å². The van der Waals surface area contributed by atoms with Crippen LogP contribution >= 0.6 is 15.9 Å². The molecule has 1 aromatic rings. The van der Waals surface area contributed by atoms with Gasteiger partial charge in [-0.2, -0.15) is 4.31 Å². The van der Waals surface area contributed by atoms with Gasteiger partial charge in [0, 0.05) is 23.6 Å². The Hall–Kier alpha value is -0.430. The van der Waals surface area contributed by atoms with E-state index in [0.29, 0.717) is 28.5 Å². The van der Waals surface area contributed by atoms with Crippen molar-refractivity contribution in [3.63, 3.8) is 0 Å². The smallest absolute Gasteiger partial charge is 0.244 e. The van der Waals surface area contributed by atoms with Crippen LogP contribution < -0.4 is 5.32 Å². The zero-order chi connectivity index (χ0) is 14.0. The van der Waals surface area contributed by atoms with E-state index in [9.17, 15) is 8.42 Å². The fourth-order valence-electron chi connectivity index (χ4n) is 2.34. The van der Waals surface area contributed by atoms with E-state index in [0.717, 1.165) is 18.4 Å². The zero-order valence-corrected chi connectivity index (χ0v) is 13.6. The molecular formula is C13H19BrN2O2S. The van der Waals surface area contributed by atoms with Gasteiger partial charge < -0.3 is 5.32 Å². The van der Waals surface area contributed by atoms with Gasteiger partial charge in [-0.05, 0) is 60.4 Å². The summed E-state index contributed by atoms with van der Waals surface area (Å²) in [4.78, 5) is 0.362. The molecule has 0 bridgehead atoms. The summed E-state index contributed by atoms with van der Waals surface area (Å²) >= 11 is 3.36. The third-order valence-electron chi connectivity index (χ3n) is 3.57. The summed E-state index contributed by atoms with van der Waals surface area (Å²) in [6.45, 7) is 3.10. The van der Waals surface area contributed by atoms with E-state index in [2.05, 4.69) is 21.2 Å². The Balaban J connectivity index is 2.23. The average Bonchev–Trinajstić information content (AvgIpc) is 2.38. The first kappa shape index (κ1) is 15.0. The number of halogens is 1. The van der Waals surface area contributed by atoms with Crippen LogP contribution in [-0.2, 0) is 10.0 Å². The van der Waals surface area contributed by atoms with E-state index in [1.54, 1.807) is 10.4 Å². The second-order valence-corrected chi connectivity index (χ2v) is 7.66. The van der Waals surface area contributed by atoms with Gasteiger partial charge in [-0.3, -0.25) is 0 Å². The Bertz CT molecular complexity index is 552. The number of sulfonamides is 1. The van der Waals surface area contributed by atoms with Crippen molar-refractivity contribution >= 4 is 26.0 Å². The molecule has 6 heteroatoms. The molecule has 1 aliphatic heterocycles. The summed E-state index contributed by atoms with van der Waals surface area (Å²) < 4.78 is 27.4. The zero-order valence-electron chi connectivity index (χ0n) is 11.2. The van der Waals surface area contributed by atoms with Crippen molar-refractivity contribution in [3.8, 4) is 0 Å². The topological polar surface area (TPSA) is 49.4 Å². The molecule has 106 valence electrons. The largest absolute Gasteiger partial charge is 0.317 e. The summed E-state index contributed by atoms with van der Waals surface area (Å²) in [5.74, 6) is 0. The molecule has 1 aliphatic rings. The first-order valence-corrected chi connectivity index (χ1v) is 8.62. The Labute approximate surface area is 123 Å². The molecule has 0 unspecified atom stereocenters. The summed E-state index contributed by atoms with van der Waals surface area (Å²) in [7, 11) is -1.46. The van der Waals surface area contributed by atoms with Crippen LogP contribution in [0.15, 0.2) is 27.6 Å². The number of piperidine rings is 1. The fraction of sp³-hybridized carbons (Fsp3) is 0.538. The van der Waals surface area contributed by atoms with Gasteiger partial charge in [0.2, 0.25) is 10.0 Å². The molecule has 0 atom stereocenters. The van der Waals surface area contributed by atoms with Crippen LogP contribution in [-0.4, -0.2) is 38.9 Å². The lowest BCUT2D eigenvalue weighted by molar-refractivity contribution is 0.298. The number of rotatable bonds is 3. The molecule has 19 heavy (non-hydrogen) atoms. The second-order valence-electron chi connectivity index (χ2n) is 4.90. The number of nitrogens with zero attached hydrogens (tertiary/aromatic N) is 1. The predicted molar refractivity (Wildman–Crippen MR) is 79.7 cm³/mol. The molecule has 0 spiro atoms. The van der Waals surface area contributed by atoms with Gasteiger partial charge in [-0.15, -0.1) is 0 Å². The highest BCUT2D eigenvalue weighted by molar-refractivity contribution is 9.10. The van der Waals surface area contributed by atoms with E-state index in [4.69, 9.17) is 0 Å². The van der Waals surface area contributed by atoms with Crippen LogP contribution in [0.2, 0.25) is 0 Å². The van der Waals surface area contributed by atoms with Gasteiger partial charge in [-0.1, -0.05) is 6.07 Å². The van der Waals surface area contributed by atoms with Crippen LogP contribution in [0.4, 0.5) is 0 Å².